The molecule has 1 aliphatic carbocycles. The highest BCUT2D eigenvalue weighted by molar-refractivity contribution is 6.31. The molecule has 1 spiro atoms. The molecule has 2 N–H and O–H groups in total. The van der Waals surface area contributed by atoms with E-state index in [1.165, 1.54) is 19.2 Å². The summed E-state index contributed by atoms with van der Waals surface area (Å²) in [5, 5.41) is 18.7. The molecule has 1 saturated heterocycles. The molecule has 3 aliphatic heterocycles. The lowest BCUT2D eigenvalue weighted by molar-refractivity contribution is -0.128. The van der Waals surface area contributed by atoms with Gasteiger partial charge in [-0.05, 0) is 54.7 Å². The monoisotopic (exact) mass is 636 g/mol. The number of likely N-dealkylation sites (tertiary alicyclic amines) is 1. The van der Waals surface area contributed by atoms with Crippen LogP contribution < -0.4 is 14.8 Å². The molecule has 4 heterocycles. The van der Waals surface area contributed by atoms with E-state index in [1.807, 2.05) is 6.07 Å². The molecular formula is C32H27Cl2FN4O5. The zero-order valence-electron chi connectivity index (χ0n) is 23.5. The van der Waals surface area contributed by atoms with Gasteiger partial charge in [-0.1, -0.05) is 41.4 Å². The fourth-order valence-corrected chi connectivity index (χ4v) is 8.07. The number of halogens is 3. The maximum atomic E-state index is 16.2. The summed E-state index contributed by atoms with van der Waals surface area (Å²) in [4.78, 5) is 28.6. The number of hydrogen-bond acceptors (Lipinski definition) is 6. The van der Waals surface area contributed by atoms with Gasteiger partial charge in [0.05, 0.1) is 29.1 Å². The summed E-state index contributed by atoms with van der Waals surface area (Å²) < 4.78 is 29.8. The first-order valence-corrected chi connectivity index (χ1v) is 15.2. The van der Waals surface area contributed by atoms with E-state index >= 15 is 4.39 Å². The van der Waals surface area contributed by atoms with Crippen LogP contribution in [0, 0.1) is 17.7 Å². The predicted molar refractivity (Wildman–Crippen MR) is 161 cm³/mol. The highest BCUT2D eigenvalue weighted by atomic mass is 35.5. The molecular weight excluding hydrogens is 610 g/mol. The Kier molecular flexibility index (Phi) is 6.18. The predicted octanol–water partition coefficient (Wildman–Crippen LogP) is 5.92. The molecule has 3 aromatic carbocycles. The Balaban J connectivity index is 1.36. The van der Waals surface area contributed by atoms with Crippen LogP contribution in [0.3, 0.4) is 0 Å². The number of fused-ring (bicyclic) bond motifs is 6. The van der Waals surface area contributed by atoms with Gasteiger partial charge in [-0.15, -0.1) is 0 Å². The summed E-state index contributed by atoms with van der Waals surface area (Å²) in [5.41, 5.74) is 0.857. The highest BCUT2D eigenvalue weighted by Gasteiger charge is 2.68. The summed E-state index contributed by atoms with van der Waals surface area (Å²) in [7, 11) is 1.41. The Morgan fingerprint density at radius 1 is 1.23 bits per heavy atom. The van der Waals surface area contributed by atoms with E-state index in [1.54, 1.807) is 35.0 Å². The van der Waals surface area contributed by atoms with Crippen LogP contribution in [-0.2, 0) is 16.9 Å². The van der Waals surface area contributed by atoms with E-state index in [0.29, 0.717) is 45.5 Å². The third-order valence-electron chi connectivity index (χ3n) is 9.70. The van der Waals surface area contributed by atoms with E-state index in [0.717, 1.165) is 18.4 Å². The number of amides is 1. The van der Waals surface area contributed by atoms with Gasteiger partial charge >= 0.3 is 5.97 Å². The second kappa shape index (κ2) is 9.82. The van der Waals surface area contributed by atoms with Gasteiger partial charge in [0.15, 0.2) is 0 Å². The van der Waals surface area contributed by atoms with Gasteiger partial charge in [-0.25, -0.2) is 13.9 Å². The van der Waals surface area contributed by atoms with Crippen LogP contribution in [0.5, 0.6) is 11.6 Å². The maximum Gasteiger partial charge on any atom is 0.339 e. The summed E-state index contributed by atoms with van der Waals surface area (Å²) in [6.45, 7) is 1.13. The molecule has 9 nitrogen and oxygen atoms in total. The number of carbonyl (C=O) groups excluding carboxylic acids is 1. The first kappa shape index (κ1) is 27.7. The van der Waals surface area contributed by atoms with Crippen LogP contribution >= 0.6 is 23.2 Å². The minimum atomic E-state index is -1.25. The SMILES string of the molecule is COc1cc2c3n(nc2cc1C(=O)O)C[C@@H]1[C@H](CO3)N(CC2CC2)[C@@]2(C(=O)Nc3cc(Cl)ccc32)[C@H]1c1cccc(Cl)c1F. The number of ether oxygens (including phenoxy) is 2. The second-order valence-electron chi connectivity index (χ2n) is 12.0. The van der Waals surface area contributed by atoms with Crippen molar-refractivity contribution in [3.8, 4) is 11.6 Å². The van der Waals surface area contributed by atoms with Crippen LogP contribution in [0.15, 0.2) is 48.5 Å². The number of carboxylic acid groups (broad SMARTS) is 1. The van der Waals surface area contributed by atoms with Crippen molar-refractivity contribution in [3.63, 3.8) is 0 Å². The van der Waals surface area contributed by atoms with Gasteiger partial charge in [0.2, 0.25) is 11.8 Å². The highest BCUT2D eigenvalue weighted by Crippen LogP contribution is 2.61. The topological polar surface area (TPSA) is 106 Å². The number of anilines is 1. The molecule has 4 atom stereocenters. The van der Waals surface area contributed by atoms with Crippen LogP contribution in [0.2, 0.25) is 10.0 Å². The number of benzene rings is 3. The molecule has 44 heavy (non-hydrogen) atoms. The Morgan fingerprint density at radius 3 is 2.80 bits per heavy atom. The minimum absolute atomic E-state index is 0.0154. The zero-order chi connectivity index (χ0) is 30.5. The lowest BCUT2D eigenvalue weighted by Gasteiger charge is -2.40. The number of nitrogens with one attached hydrogen (secondary N) is 1. The first-order valence-electron chi connectivity index (χ1n) is 14.5. The van der Waals surface area contributed by atoms with Gasteiger partial charge < -0.3 is 19.9 Å². The Bertz CT molecular complexity index is 1890. The molecule has 1 aromatic heterocycles. The average molecular weight is 637 g/mol. The summed E-state index contributed by atoms with van der Waals surface area (Å²) in [6, 6.07) is 13.1. The van der Waals surface area contributed by atoms with E-state index in [2.05, 4.69) is 10.2 Å². The van der Waals surface area contributed by atoms with Crippen molar-refractivity contribution in [2.45, 2.75) is 36.9 Å². The third-order valence-corrected chi connectivity index (χ3v) is 10.2. The van der Waals surface area contributed by atoms with E-state index < -0.39 is 23.2 Å². The smallest absolute Gasteiger partial charge is 0.339 e. The number of methoxy groups -OCH3 is 1. The van der Waals surface area contributed by atoms with Crippen molar-refractivity contribution in [2.75, 3.05) is 25.6 Å². The van der Waals surface area contributed by atoms with Crippen molar-refractivity contribution in [3.05, 3.63) is 81.1 Å². The van der Waals surface area contributed by atoms with Crippen molar-refractivity contribution < 1.29 is 28.6 Å². The van der Waals surface area contributed by atoms with Gasteiger partial charge in [0.1, 0.15) is 29.3 Å². The molecule has 12 heteroatoms. The zero-order valence-corrected chi connectivity index (χ0v) is 25.0. The lowest BCUT2D eigenvalue weighted by Crippen LogP contribution is -2.53. The van der Waals surface area contributed by atoms with Gasteiger partial charge in [0.25, 0.3) is 0 Å². The molecule has 1 saturated carbocycles. The fourth-order valence-electron chi connectivity index (χ4n) is 7.72. The van der Waals surface area contributed by atoms with Crippen molar-refractivity contribution >= 4 is 51.7 Å². The summed E-state index contributed by atoms with van der Waals surface area (Å²) in [5.74, 6) is -1.88. The minimum Gasteiger partial charge on any atom is -0.496 e. The molecule has 0 unspecified atom stereocenters. The number of aromatic carboxylic acids is 1. The van der Waals surface area contributed by atoms with Crippen molar-refractivity contribution in [1.82, 2.24) is 14.7 Å². The number of aromatic nitrogens is 2. The quantitative estimate of drug-likeness (QED) is 0.280. The Morgan fingerprint density at radius 2 is 2.05 bits per heavy atom. The van der Waals surface area contributed by atoms with E-state index in [4.69, 9.17) is 37.8 Å². The molecule has 1 amide bonds. The maximum absolute atomic E-state index is 16.2. The second-order valence-corrected chi connectivity index (χ2v) is 12.9. The van der Waals surface area contributed by atoms with Gasteiger partial charge in [0, 0.05) is 41.2 Å². The number of rotatable bonds is 5. The molecule has 226 valence electrons. The van der Waals surface area contributed by atoms with Crippen LogP contribution in [0.25, 0.3) is 10.9 Å². The van der Waals surface area contributed by atoms with Crippen molar-refractivity contribution in [2.24, 2.45) is 11.8 Å². The molecule has 0 bridgehead atoms. The van der Waals surface area contributed by atoms with Crippen LogP contribution in [0.1, 0.15) is 40.2 Å². The third kappa shape index (κ3) is 3.83. The summed E-state index contributed by atoms with van der Waals surface area (Å²) in [6.07, 6.45) is 2.10. The van der Waals surface area contributed by atoms with Crippen LogP contribution in [0.4, 0.5) is 10.1 Å². The van der Waals surface area contributed by atoms with Gasteiger partial charge in [-0.2, -0.15) is 5.10 Å². The first-order chi connectivity index (χ1) is 21.2. The fraction of sp³-hybridized carbons (Fsp3) is 0.344. The lowest BCUT2D eigenvalue weighted by atomic mass is 9.71. The summed E-state index contributed by atoms with van der Waals surface area (Å²) >= 11 is 12.7. The molecule has 0 radical (unpaired) electrons. The standard InChI is InChI=1S/C32H27Cl2FN4O5/c1-43-26-11-18-23(10-19(26)30(40)41)37-39-13-20-25(14-44-29(18)39)38(12-15-5-6-15)32(27(20)17-3-2-4-22(34)28(17)35)21-8-7-16(33)9-24(21)36-31(32)42/h2-4,7-11,15,20,25,27H,5-6,12-14H2,1H3,(H,36,42)(H,40,41)/t20-,25+,27+,32-/m1/s1. The van der Waals surface area contributed by atoms with E-state index in [-0.39, 0.29) is 47.4 Å². The average Bonchev–Trinajstić information content (AvgIpc) is 3.67. The number of hydrogen-bond donors (Lipinski definition) is 2. The number of carboxylic acids is 1. The van der Waals surface area contributed by atoms with Crippen LogP contribution in [-0.4, -0.2) is 58.0 Å². The van der Waals surface area contributed by atoms with Gasteiger partial charge in [-0.3, -0.25) is 9.69 Å². The number of nitrogens with zero attached hydrogens (tertiary/aromatic N) is 3. The Hall–Kier alpha value is -3.86. The van der Waals surface area contributed by atoms with E-state index in [9.17, 15) is 14.7 Å². The Labute approximate surface area is 261 Å². The molecule has 4 aliphatic rings. The molecule has 2 fully saturated rings. The van der Waals surface area contributed by atoms with Crippen molar-refractivity contribution in [1.29, 1.82) is 0 Å². The normalized spacial score (nSPS) is 25.7. The molecule has 8 rings (SSSR count). The molecule has 4 aromatic rings. The number of carbonyl (C=O) groups is 2. The largest absolute Gasteiger partial charge is 0.496 e.